The van der Waals surface area contributed by atoms with Gasteiger partial charge in [0, 0.05) is 37.5 Å². The van der Waals surface area contributed by atoms with E-state index in [1.807, 2.05) is 47.4 Å². The Labute approximate surface area is 170 Å². The number of amides is 2. The first-order valence-electron chi connectivity index (χ1n) is 9.55. The summed E-state index contributed by atoms with van der Waals surface area (Å²) in [5, 5.41) is 3.74. The fourth-order valence-electron chi connectivity index (χ4n) is 3.68. The van der Waals surface area contributed by atoms with Gasteiger partial charge in [0.25, 0.3) is 0 Å². The molecule has 0 aromatic heterocycles. The summed E-state index contributed by atoms with van der Waals surface area (Å²) in [7, 11) is 0. The largest absolute Gasteiger partial charge is 0.334 e. The first kappa shape index (κ1) is 18.8. The Morgan fingerprint density at radius 3 is 2.61 bits per heavy atom. The Balaban J connectivity index is 1.33. The third-order valence-electron chi connectivity index (χ3n) is 5.52. The van der Waals surface area contributed by atoms with E-state index in [1.165, 1.54) is 5.56 Å². The highest BCUT2D eigenvalue weighted by molar-refractivity contribution is 6.30. The van der Waals surface area contributed by atoms with E-state index in [-0.39, 0.29) is 11.6 Å². The highest BCUT2D eigenvalue weighted by Crippen LogP contribution is 2.34. The quantitative estimate of drug-likeness (QED) is 0.813. The van der Waals surface area contributed by atoms with Crippen LogP contribution in [0, 0.1) is 6.92 Å². The number of hydrogen-bond acceptors (Lipinski definition) is 3. The highest BCUT2D eigenvalue weighted by Gasteiger charge is 2.39. The van der Waals surface area contributed by atoms with Crippen LogP contribution in [0.5, 0.6) is 0 Å². The summed E-state index contributed by atoms with van der Waals surface area (Å²) in [5.74, 6) is 0. The molecule has 4 rings (SSSR count). The summed E-state index contributed by atoms with van der Waals surface area (Å²) < 4.78 is 0. The molecule has 2 amide bonds. The smallest absolute Gasteiger partial charge is 0.317 e. The van der Waals surface area contributed by atoms with Crippen molar-refractivity contribution >= 4 is 23.3 Å². The van der Waals surface area contributed by atoms with Crippen LogP contribution in [-0.2, 0) is 11.4 Å². The van der Waals surface area contributed by atoms with Crippen LogP contribution in [0.1, 0.15) is 29.5 Å². The van der Waals surface area contributed by atoms with E-state index in [1.54, 1.807) is 0 Å². The molecule has 0 unspecified atom stereocenters. The second-order valence-corrected chi connectivity index (χ2v) is 7.84. The first-order chi connectivity index (χ1) is 13.5. The van der Waals surface area contributed by atoms with Gasteiger partial charge in [0.1, 0.15) is 5.60 Å². The SMILES string of the molecule is Cc1ccccc1CNC(=O)N1CCC2(C=C(c3ccc(Cl)cc3)NO2)CC1. The van der Waals surface area contributed by atoms with Crippen LogP contribution in [0.4, 0.5) is 4.79 Å². The second kappa shape index (κ2) is 7.86. The summed E-state index contributed by atoms with van der Waals surface area (Å²) >= 11 is 5.97. The van der Waals surface area contributed by atoms with E-state index in [2.05, 4.69) is 29.9 Å². The molecule has 28 heavy (non-hydrogen) atoms. The Morgan fingerprint density at radius 1 is 1.18 bits per heavy atom. The minimum Gasteiger partial charge on any atom is -0.334 e. The zero-order valence-electron chi connectivity index (χ0n) is 15.9. The van der Waals surface area contributed by atoms with Gasteiger partial charge >= 0.3 is 6.03 Å². The average Bonchev–Trinajstić information content (AvgIpc) is 3.12. The predicted octanol–water partition coefficient (Wildman–Crippen LogP) is 4.27. The number of halogens is 1. The zero-order chi connectivity index (χ0) is 19.6. The van der Waals surface area contributed by atoms with Crippen molar-refractivity contribution in [1.82, 2.24) is 15.7 Å². The van der Waals surface area contributed by atoms with Crippen molar-refractivity contribution in [1.29, 1.82) is 0 Å². The summed E-state index contributed by atoms with van der Waals surface area (Å²) in [4.78, 5) is 20.3. The number of hydroxylamine groups is 1. The van der Waals surface area contributed by atoms with Gasteiger partial charge in [0.2, 0.25) is 0 Å². The number of benzene rings is 2. The third kappa shape index (κ3) is 4.01. The van der Waals surface area contributed by atoms with Crippen molar-refractivity contribution < 1.29 is 9.63 Å². The molecule has 2 N–H and O–H groups in total. The van der Waals surface area contributed by atoms with Crippen LogP contribution < -0.4 is 10.8 Å². The number of carbonyl (C=O) groups is 1. The summed E-state index contributed by atoms with van der Waals surface area (Å²) in [6.45, 7) is 3.92. The number of likely N-dealkylation sites (tertiary alicyclic amines) is 1. The lowest BCUT2D eigenvalue weighted by Gasteiger charge is -2.36. The van der Waals surface area contributed by atoms with Gasteiger partial charge in [-0.1, -0.05) is 48.0 Å². The molecule has 2 aromatic rings. The Morgan fingerprint density at radius 2 is 1.89 bits per heavy atom. The van der Waals surface area contributed by atoms with Crippen LogP contribution in [0.25, 0.3) is 5.70 Å². The first-order valence-corrected chi connectivity index (χ1v) is 9.93. The van der Waals surface area contributed by atoms with Crippen LogP contribution in [0.3, 0.4) is 0 Å². The lowest BCUT2D eigenvalue weighted by atomic mass is 9.90. The molecule has 1 spiro atoms. The fourth-order valence-corrected chi connectivity index (χ4v) is 3.80. The number of piperidine rings is 1. The Hall–Kier alpha value is -2.50. The van der Waals surface area contributed by atoms with Gasteiger partial charge in [-0.3, -0.25) is 10.3 Å². The molecule has 6 heteroatoms. The second-order valence-electron chi connectivity index (χ2n) is 7.41. The molecule has 0 bridgehead atoms. The Kier molecular flexibility index (Phi) is 5.29. The summed E-state index contributed by atoms with van der Waals surface area (Å²) in [5.41, 5.74) is 7.01. The van der Waals surface area contributed by atoms with Crippen molar-refractivity contribution in [3.63, 3.8) is 0 Å². The number of nitrogens with zero attached hydrogens (tertiary/aromatic N) is 1. The van der Waals surface area contributed by atoms with Gasteiger partial charge < -0.3 is 10.2 Å². The summed E-state index contributed by atoms with van der Waals surface area (Å²) in [6, 6.07) is 15.8. The number of hydrogen-bond donors (Lipinski definition) is 2. The van der Waals surface area contributed by atoms with E-state index >= 15 is 0 Å². The molecule has 0 atom stereocenters. The zero-order valence-corrected chi connectivity index (χ0v) is 16.6. The molecule has 2 heterocycles. The Bertz CT molecular complexity index is 887. The van der Waals surface area contributed by atoms with E-state index in [0.717, 1.165) is 29.7 Å². The molecule has 2 aliphatic heterocycles. The summed E-state index contributed by atoms with van der Waals surface area (Å²) in [6.07, 6.45) is 3.66. The molecule has 1 saturated heterocycles. The number of nitrogens with one attached hydrogen (secondary N) is 2. The van der Waals surface area contributed by atoms with Crippen LogP contribution in [0.2, 0.25) is 5.02 Å². The van der Waals surface area contributed by atoms with E-state index in [9.17, 15) is 4.79 Å². The highest BCUT2D eigenvalue weighted by atomic mass is 35.5. The molecule has 0 aliphatic carbocycles. The lowest BCUT2D eigenvalue weighted by Crippen LogP contribution is -2.49. The normalized spacial score (nSPS) is 17.9. The van der Waals surface area contributed by atoms with Crippen molar-refractivity contribution in [2.24, 2.45) is 0 Å². The van der Waals surface area contributed by atoms with Crippen molar-refractivity contribution in [3.05, 3.63) is 76.3 Å². The molecular formula is C22H24ClN3O2. The van der Waals surface area contributed by atoms with Gasteiger partial charge in [-0.15, -0.1) is 0 Å². The van der Waals surface area contributed by atoms with E-state index in [0.29, 0.717) is 24.7 Å². The topological polar surface area (TPSA) is 53.6 Å². The number of carbonyl (C=O) groups excluding carboxylic acids is 1. The molecular weight excluding hydrogens is 374 g/mol. The van der Waals surface area contributed by atoms with Crippen molar-refractivity contribution in [2.45, 2.75) is 31.9 Å². The van der Waals surface area contributed by atoms with Gasteiger partial charge in [-0.2, -0.15) is 0 Å². The van der Waals surface area contributed by atoms with E-state index < -0.39 is 0 Å². The third-order valence-corrected chi connectivity index (χ3v) is 5.77. The van der Waals surface area contributed by atoms with Gasteiger partial charge in [0.05, 0.1) is 5.70 Å². The fraction of sp³-hybridized carbons (Fsp3) is 0.318. The lowest BCUT2D eigenvalue weighted by molar-refractivity contribution is -0.0639. The van der Waals surface area contributed by atoms with Crippen molar-refractivity contribution in [2.75, 3.05) is 13.1 Å². The number of rotatable bonds is 3. The average molecular weight is 398 g/mol. The minimum atomic E-state index is -0.359. The van der Waals surface area contributed by atoms with Gasteiger partial charge in [0.15, 0.2) is 0 Å². The maximum absolute atomic E-state index is 12.5. The van der Waals surface area contributed by atoms with Gasteiger partial charge in [-0.25, -0.2) is 4.79 Å². The van der Waals surface area contributed by atoms with Crippen molar-refractivity contribution in [3.8, 4) is 0 Å². The van der Waals surface area contributed by atoms with E-state index in [4.69, 9.17) is 16.4 Å². The maximum Gasteiger partial charge on any atom is 0.317 e. The maximum atomic E-state index is 12.5. The molecule has 1 fully saturated rings. The van der Waals surface area contributed by atoms with Gasteiger partial charge in [-0.05, 0) is 41.8 Å². The molecule has 0 radical (unpaired) electrons. The molecule has 2 aromatic carbocycles. The molecule has 0 saturated carbocycles. The number of urea groups is 1. The standard InChI is InChI=1S/C22H24ClN3O2/c1-16-4-2-3-5-18(16)15-24-21(27)26-12-10-22(11-13-26)14-20(25-28-22)17-6-8-19(23)9-7-17/h2-9,14,25H,10-13,15H2,1H3,(H,24,27). The predicted molar refractivity (Wildman–Crippen MR) is 111 cm³/mol. The van der Waals surface area contributed by atoms with Crippen LogP contribution in [0.15, 0.2) is 54.6 Å². The minimum absolute atomic E-state index is 0.0223. The molecule has 2 aliphatic rings. The van der Waals surface area contributed by atoms with Crippen LogP contribution in [-0.4, -0.2) is 29.6 Å². The number of aryl methyl sites for hydroxylation is 1. The molecule has 146 valence electrons. The molecule has 5 nitrogen and oxygen atoms in total. The monoisotopic (exact) mass is 397 g/mol. The van der Waals surface area contributed by atoms with Crippen LogP contribution >= 0.6 is 11.6 Å².